The van der Waals surface area contributed by atoms with Gasteiger partial charge in [-0.15, -0.1) is 0 Å². The first kappa shape index (κ1) is 14.5. The van der Waals surface area contributed by atoms with Gasteiger partial charge in [-0.05, 0) is 0 Å². The number of rotatable bonds is 4. The minimum absolute atomic E-state index is 0.00442. The van der Waals surface area contributed by atoms with Crippen molar-refractivity contribution in [1.29, 1.82) is 0 Å². The van der Waals surface area contributed by atoms with Gasteiger partial charge in [-0.2, -0.15) is 0 Å². The molecular weight excluding hydrogens is 288 g/mol. The number of alkyl carbamates (subject to hydrolysis) is 1. The molecule has 2 N–H and O–H groups in total. The van der Waals surface area contributed by atoms with Gasteiger partial charge in [0.05, 0.1) is 25.2 Å². The summed E-state index contributed by atoms with van der Waals surface area (Å²) in [6, 6.07) is 7.78. The van der Waals surface area contributed by atoms with Crippen molar-refractivity contribution in [3.8, 4) is 0 Å². The number of amides is 2. The molecular formula is C15H16N2O5. The van der Waals surface area contributed by atoms with Crippen molar-refractivity contribution in [2.24, 2.45) is 5.92 Å². The summed E-state index contributed by atoms with van der Waals surface area (Å²) in [4.78, 5) is 35.5. The van der Waals surface area contributed by atoms with E-state index in [0.29, 0.717) is 5.56 Å². The summed E-state index contributed by atoms with van der Waals surface area (Å²) in [5.74, 6) is -0.855. The Hall–Kier alpha value is -2.41. The average molecular weight is 304 g/mol. The fourth-order valence-electron chi connectivity index (χ4n) is 2.58. The Bertz CT molecular complexity index is 589. The maximum absolute atomic E-state index is 12.5. The lowest BCUT2D eigenvalue weighted by atomic mass is 9.93. The molecule has 0 saturated carbocycles. The van der Waals surface area contributed by atoms with E-state index < -0.39 is 24.1 Å². The second kappa shape index (κ2) is 6.15. The number of hydrogen-bond acceptors (Lipinski definition) is 5. The van der Waals surface area contributed by atoms with Crippen LogP contribution in [-0.2, 0) is 14.3 Å². The Morgan fingerprint density at radius 3 is 2.59 bits per heavy atom. The van der Waals surface area contributed by atoms with Gasteiger partial charge in [0.15, 0.2) is 5.78 Å². The van der Waals surface area contributed by atoms with Crippen LogP contribution < -0.4 is 10.6 Å². The van der Waals surface area contributed by atoms with E-state index in [-0.39, 0.29) is 31.5 Å². The highest BCUT2D eigenvalue weighted by Crippen LogP contribution is 2.19. The Morgan fingerprint density at radius 1 is 1.14 bits per heavy atom. The summed E-state index contributed by atoms with van der Waals surface area (Å²) < 4.78 is 10.0. The van der Waals surface area contributed by atoms with E-state index >= 15 is 0 Å². The molecule has 116 valence electrons. The van der Waals surface area contributed by atoms with Crippen LogP contribution in [0.5, 0.6) is 0 Å². The molecule has 0 radical (unpaired) electrons. The third-order valence-electron chi connectivity index (χ3n) is 3.79. The molecule has 0 aliphatic carbocycles. The number of ketones is 1. The molecule has 0 spiro atoms. The lowest BCUT2D eigenvalue weighted by Crippen LogP contribution is -2.50. The maximum Gasteiger partial charge on any atom is 0.407 e. The Labute approximate surface area is 127 Å². The third-order valence-corrected chi connectivity index (χ3v) is 3.79. The van der Waals surface area contributed by atoms with Gasteiger partial charge in [-0.25, -0.2) is 4.79 Å². The molecule has 1 unspecified atom stereocenters. The van der Waals surface area contributed by atoms with Crippen LogP contribution in [-0.4, -0.2) is 49.7 Å². The monoisotopic (exact) mass is 304 g/mol. The molecule has 3 rings (SSSR count). The molecule has 2 heterocycles. The summed E-state index contributed by atoms with van der Waals surface area (Å²) in [6.07, 6.45) is -0.611. The number of Topliss-reactive ketones (excluding diaryl/α,β-unsaturated/α-hetero) is 1. The first-order chi connectivity index (χ1) is 10.6. The number of benzene rings is 1. The molecule has 7 heteroatoms. The van der Waals surface area contributed by atoms with Crippen LogP contribution >= 0.6 is 0 Å². The first-order valence-corrected chi connectivity index (χ1v) is 7.06. The van der Waals surface area contributed by atoms with Gasteiger partial charge in [0.1, 0.15) is 12.6 Å². The molecule has 3 atom stereocenters. The third kappa shape index (κ3) is 2.94. The summed E-state index contributed by atoms with van der Waals surface area (Å²) in [6.45, 7) is 0.540. The van der Waals surface area contributed by atoms with Crippen LogP contribution in [0.4, 0.5) is 4.79 Å². The predicted octanol–water partition coefficient (Wildman–Crippen LogP) is 0.109. The van der Waals surface area contributed by atoms with Crippen molar-refractivity contribution < 1.29 is 23.9 Å². The van der Waals surface area contributed by atoms with E-state index in [9.17, 15) is 14.4 Å². The van der Waals surface area contributed by atoms with E-state index in [1.807, 2.05) is 6.07 Å². The summed E-state index contributed by atoms with van der Waals surface area (Å²) in [7, 11) is 0. The van der Waals surface area contributed by atoms with Gasteiger partial charge >= 0.3 is 6.09 Å². The minimum atomic E-state index is -0.722. The maximum atomic E-state index is 12.5. The topological polar surface area (TPSA) is 93.7 Å². The fraction of sp³-hybridized carbons (Fsp3) is 0.400. The molecule has 1 aromatic carbocycles. The van der Waals surface area contributed by atoms with E-state index in [1.165, 1.54) is 0 Å². The smallest absolute Gasteiger partial charge is 0.407 e. The largest absolute Gasteiger partial charge is 0.447 e. The van der Waals surface area contributed by atoms with Gasteiger partial charge in [0.2, 0.25) is 5.91 Å². The minimum Gasteiger partial charge on any atom is -0.447 e. The van der Waals surface area contributed by atoms with Crippen molar-refractivity contribution in [2.45, 2.75) is 12.1 Å². The lowest BCUT2D eigenvalue weighted by molar-refractivity contribution is -0.123. The van der Waals surface area contributed by atoms with Gasteiger partial charge in [0, 0.05) is 5.56 Å². The Kier molecular flexibility index (Phi) is 4.06. The molecule has 22 heavy (non-hydrogen) atoms. The molecule has 0 aromatic heterocycles. The number of carbonyl (C=O) groups is 3. The average Bonchev–Trinajstić information content (AvgIpc) is 3.16. The van der Waals surface area contributed by atoms with Crippen molar-refractivity contribution in [2.75, 3.05) is 19.8 Å². The molecule has 1 aromatic rings. The van der Waals surface area contributed by atoms with Gasteiger partial charge in [0.25, 0.3) is 0 Å². The summed E-state index contributed by atoms with van der Waals surface area (Å²) in [5, 5.41) is 5.17. The zero-order valence-corrected chi connectivity index (χ0v) is 11.8. The van der Waals surface area contributed by atoms with Gasteiger partial charge in [-0.1, -0.05) is 30.3 Å². The van der Waals surface area contributed by atoms with E-state index in [4.69, 9.17) is 4.74 Å². The Balaban J connectivity index is 1.64. The highest BCUT2D eigenvalue weighted by atomic mass is 16.6. The second-order valence-electron chi connectivity index (χ2n) is 5.28. The van der Waals surface area contributed by atoms with E-state index in [2.05, 4.69) is 15.4 Å². The molecule has 2 amide bonds. The number of cyclic esters (lactones) is 1. The summed E-state index contributed by atoms with van der Waals surface area (Å²) >= 11 is 0. The van der Waals surface area contributed by atoms with Crippen LogP contribution in [0, 0.1) is 5.92 Å². The normalized spacial score (nSPS) is 27.1. The molecule has 7 nitrogen and oxygen atoms in total. The SMILES string of the molecule is O=C1NC(C(=O)N[C@@H]2COC[C@H]2C(=O)c2ccccc2)CO1. The van der Waals surface area contributed by atoms with Gasteiger partial charge in [-0.3, -0.25) is 9.59 Å². The number of nitrogens with one attached hydrogen (secondary N) is 2. The quantitative estimate of drug-likeness (QED) is 0.770. The van der Waals surface area contributed by atoms with E-state index in [1.54, 1.807) is 24.3 Å². The van der Waals surface area contributed by atoms with Crippen LogP contribution in [0.3, 0.4) is 0 Å². The number of carbonyl (C=O) groups excluding carboxylic acids is 3. The first-order valence-electron chi connectivity index (χ1n) is 7.06. The van der Waals surface area contributed by atoms with Crippen molar-refractivity contribution >= 4 is 17.8 Å². The zero-order valence-electron chi connectivity index (χ0n) is 11.8. The van der Waals surface area contributed by atoms with Crippen molar-refractivity contribution in [1.82, 2.24) is 10.6 Å². The summed E-state index contributed by atoms with van der Waals surface area (Å²) in [5.41, 5.74) is 0.592. The molecule has 2 fully saturated rings. The van der Waals surface area contributed by atoms with Crippen LogP contribution in [0.2, 0.25) is 0 Å². The second-order valence-corrected chi connectivity index (χ2v) is 5.28. The van der Waals surface area contributed by atoms with E-state index in [0.717, 1.165) is 0 Å². The van der Waals surface area contributed by atoms with Gasteiger partial charge < -0.3 is 20.1 Å². The van der Waals surface area contributed by atoms with Crippen LogP contribution in [0.1, 0.15) is 10.4 Å². The van der Waals surface area contributed by atoms with Crippen LogP contribution in [0.15, 0.2) is 30.3 Å². The zero-order chi connectivity index (χ0) is 15.5. The highest BCUT2D eigenvalue weighted by molar-refractivity contribution is 5.99. The fourth-order valence-corrected chi connectivity index (χ4v) is 2.58. The highest BCUT2D eigenvalue weighted by Gasteiger charge is 2.38. The van der Waals surface area contributed by atoms with Crippen molar-refractivity contribution in [3.63, 3.8) is 0 Å². The molecule has 2 aliphatic heterocycles. The number of hydrogen-bond donors (Lipinski definition) is 2. The Morgan fingerprint density at radius 2 is 1.91 bits per heavy atom. The predicted molar refractivity (Wildman–Crippen MR) is 75.3 cm³/mol. The van der Waals surface area contributed by atoms with Crippen molar-refractivity contribution in [3.05, 3.63) is 35.9 Å². The van der Waals surface area contributed by atoms with Crippen LogP contribution in [0.25, 0.3) is 0 Å². The molecule has 0 bridgehead atoms. The molecule has 2 aliphatic rings. The standard InChI is InChI=1S/C15H16N2O5/c18-13(9-4-2-1-3-5-9)10-6-21-7-11(10)16-14(19)12-8-22-15(20)17-12/h1-5,10-12H,6-8H2,(H,16,19)(H,17,20)/t10-,11-,12?/m1/s1. The lowest BCUT2D eigenvalue weighted by Gasteiger charge is -2.19. The number of ether oxygens (including phenoxy) is 2. The molecule has 2 saturated heterocycles.